The lowest BCUT2D eigenvalue weighted by Crippen LogP contribution is -2.46. The minimum atomic E-state index is -0.0214. The molecule has 2 saturated heterocycles. The number of rotatable bonds is 5. The van der Waals surface area contributed by atoms with Gasteiger partial charge in [0, 0.05) is 17.8 Å². The fourth-order valence-electron chi connectivity index (χ4n) is 5.09. The highest BCUT2D eigenvalue weighted by molar-refractivity contribution is 7.17. The molecule has 0 bridgehead atoms. The highest BCUT2D eigenvalue weighted by Gasteiger charge is 2.36. The smallest absolute Gasteiger partial charge is 0.230 e. The topological polar surface area (TPSA) is 23.6 Å². The van der Waals surface area contributed by atoms with E-state index in [1.807, 2.05) is 0 Å². The van der Waals surface area contributed by atoms with Crippen LogP contribution in [0.1, 0.15) is 48.8 Å². The normalized spacial score (nSPS) is 21.7. The third-order valence-corrected chi connectivity index (χ3v) is 7.45. The van der Waals surface area contributed by atoms with Gasteiger partial charge in [0.2, 0.25) is 5.91 Å². The zero-order chi connectivity index (χ0) is 19.6. The fraction of sp³-hybridized carbons (Fsp3) is 0.400. The summed E-state index contributed by atoms with van der Waals surface area (Å²) in [5.41, 5.74) is 2.48. The van der Waals surface area contributed by atoms with Crippen LogP contribution in [0.3, 0.4) is 0 Å². The van der Waals surface area contributed by atoms with Crippen LogP contribution < -0.4 is 0 Å². The van der Waals surface area contributed by atoms with E-state index in [4.69, 9.17) is 0 Å². The van der Waals surface area contributed by atoms with Gasteiger partial charge in [0.1, 0.15) is 0 Å². The Balaban J connectivity index is 1.47. The summed E-state index contributed by atoms with van der Waals surface area (Å²) in [7, 11) is 0. The van der Waals surface area contributed by atoms with Crippen LogP contribution in [0.2, 0.25) is 0 Å². The Morgan fingerprint density at radius 2 is 1.76 bits per heavy atom. The molecule has 2 aromatic carbocycles. The van der Waals surface area contributed by atoms with Gasteiger partial charge < -0.3 is 9.80 Å². The summed E-state index contributed by atoms with van der Waals surface area (Å²) in [5, 5.41) is 3.40. The lowest BCUT2D eigenvalue weighted by Gasteiger charge is -2.40. The van der Waals surface area contributed by atoms with Gasteiger partial charge in [-0.25, -0.2) is 0 Å². The maximum absolute atomic E-state index is 13.8. The minimum absolute atomic E-state index is 0.0214. The Morgan fingerprint density at radius 1 is 0.931 bits per heavy atom. The first-order chi connectivity index (χ1) is 14.3. The fourth-order valence-corrected chi connectivity index (χ4v) is 5.91. The van der Waals surface area contributed by atoms with E-state index in [-0.39, 0.29) is 12.0 Å². The monoisotopic (exact) mass is 404 g/mol. The van der Waals surface area contributed by atoms with Crippen molar-refractivity contribution in [2.24, 2.45) is 0 Å². The van der Waals surface area contributed by atoms with Gasteiger partial charge in [-0.05, 0) is 72.8 Å². The molecule has 150 valence electrons. The quantitative estimate of drug-likeness (QED) is 0.565. The first-order valence-corrected chi connectivity index (χ1v) is 11.7. The van der Waals surface area contributed by atoms with Crippen LogP contribution in [0.15, 0.2) is 60.0 Å². The van der Waals surface area contributed by atoms with Crippen molar-refractivity contribution in [2.75, 3.05) is 26.2 Å². The number of piperidine rings is 1. The highest BCUT2D eigenvalue weighted by Crippen LogP contribution is 2.38. The van der Waals surface area contributed by atoms with Crippen molar-refractivity contribution in [2.45, 2.75) is 37.6 Å². The van der Waals surface area contributed by atoms with Gasteiger partial charge in [-0.15, -0.1) is 11.3 Å². The summed E-state index contributed by atoms with van der Waals surface area (Å²) in [6.45, 7) is 4.12. The van der Waals surface area contributed by atoms with E-state index >= 15 is 0 Å². The summed E-state index contributed by atoms with van der Waals surface area (Å²) >= 11 is 1.76. The lowest BCUT2D eigenvalue weighted by molar-refractivity contribution is -0.138. The molecule has 1 unspecified atom stereocenters. The van der Waals surface area contributed by atoms with E-state index in [9.17, 15) is 4.79 Å². The number of thiophene rings is 1. The molecule has 3 aromatic rings. The SMILES string of the molecule is O=C1C(c2cccc3sccc23)CCCN1[C@H](CN1CCCC1)c1ccccc1. The van der Waals surface area contributed by atoms with Crippen LogP contribution in [-0.2, 0) is 4.79 Å². The van der Waals surface area contributed by atoms with Crippen LogP contribution in [0.25, 0.3) is 10.1 Å². The Kier molecular flexibility index (Phi) is 5.38. The molecule has 0 radical (unpaired) electrons. The first kappa shape index (κ1) is 18.8. The molecule has 0 aliphatic carbocycles. The largest absolute Gasteiger partial charge is 0.334 e. The number of likely N-dealkylation sites (tertiary alicyclic amines) is 2. The Morgan fingerprint density at radius 3 is 2.59 bits per heavy atom. The number of fused-ring (bicyclic) bond motifs is 1. The van der Waals surface area contributed by atoms with E-state index in [0.29, 0.717) is 5.91 Å². The molecule has 5 rings (SSSR count). The Hall–Kier alpha value is -2.17. The van der Waals surface area contributed by atoms with E-state index in [0.717, 1.165) is 39.0 Å². The Bertz CT molecular complexity index is 977. The zero-order valence-corrected chi connectivity index (χ0v) is 17.6. The number of amides is 1. The summed E-state index contributed by atoms with van der Waals surface area (Å²) in [5.74, 6) is 0.287. The van der Waals surface area contributed by atoms with Gasteiger partial charge in [-0.3, -0.25) is 4.79 Å². The van der Waals surface area contributed by atoms with E-state index < -0.39 is 0 Å². The molecule has 3 heterocycles. The average Bonchev–Trinajstić information content (AvgIpc) is 3.45. The van der Waals surface area contributed by atoms with E-state index in [2.05, 4.69) is 69.8 Å². The van der Waals surface area contributed by atoms with E-state index in [1.165, 1.54) is 34.1 Å². The second-order valence-electron chi connectivity index (χ2n) is 8.34. The molecule has 2 atom stereocenters. The summed E-state index contributed by atoms with van der Waals surface area (Å²) in [6, 6.07) is 19.4. The number of benzene rings is 2. The van der Waals surface area contributed by atoms with Crippen LogP contribution in [-0.4, -0.2) is 41.9 Å². The second kappa shape index (κ2) is 8.29. The van der Waals surface area contributed by atoms with Crippen molar-refractivity contribution >= 4 is 27.3 Å². The third kappa shape index (κ3) is 3.72. The number of nitrogens with zero attached hydrogens (tertiary/aromatic N) is 2. The van der Waals surface area contributed by atoms with Gasteiger partial charge in [0.15, 0.2) is 0 Å². The zero-order valence-electron chi connectivity index (χ0n) is 16.8. The van der Waals surface area contributed by atoms with Crippen molar-refractivity contribution < 1.29 is 4.79 Å². The lowest BCUT2D eigenvalue weighted by atomic mass is 9.86. The van der Waals surface area contributed by atoms with Crippen LogP contribution in [0.4, 0.5) is 0 Å². The molecule has 2 aliphatic rings. The van der Waals surface area contributed by atoms with Crippen LogP contribution in [0, 0.1) is 0 Å². The standard InChI is InChI=1S/C25H28N2OS/c28-25-22(20-10-6-12-24-21(20)13-17-29-24)11-7-16-27(25)23(18-26-14-4-5-15-26)19-8-2-1-3-9-19/h1-3,6,8-10,12-13,17,22-23H,4-5,7,11,14-16,18H2/t22?,23-/m1/s1. The molecular weight excluding hydrogens is 376 g/mol. The molecule has 2 fully saturated rings. The molecule has 2 aliphatic heterocycles. The number of carbonyl (C=O) groups excluding carboxylic acids is 1. The van der Waals surface area contributed by atoms with Gasteiger partial charge >= 0.3 is 0 Å². The second-order valence-corrected chi connectivity index (χ2v) is 9.29. The van der Waals surface area contributed by atoms with Crippen molar-refractivity contribution in [3.63, 3.8) is 0 Å². The van der Waals surface area contributed by atoms with E-state index in [1.54, 1.807) is 11.3 Å². The van der Waals surface area contributed by atoms with Gasteiger partial charge in [0.25, 0.3) is 0 Å². The molecule has 3 nitrogen and oxygen atoms in total. The number of carbonyl (C=O) groups is 1. The van der Waals surface area contributed by atoms with Crippen molar-refractivity contribution in [3.05, 3.63) is 71.1 Å². The molecule has 1 aromatic heterocycles. The molecule has 0 N–H and O–H groups in total. The van der Waals surface area contributed by atoms with Crippen LogP contribution in [0.5, 0.6) is 0 Å². The van der Waals surface area contributed by atoms with Crippen molar-refractivity contribution in [1.82, 2.24) is 9.80 Å². The van der Waals surface area contributed by atoms with Crippen molar-refractivity contribution in [1.29, 1.82) is 0 Å². The molecule has 0 saturated carbocycles. The third-order valence-electron chi connectivity index (χ3n) is 6.57. The molecule has 0 spiro atoms. The summed E-state index contributed by atoms with van der Waals surface area (Å²) < 4.78 is 1.28. The predicted octanol–water partition coefficient (Wildman–Crippen LogP) is 5.44. The average molecular weight is 405 g/mol. The molecular formula is C25H28N2OS. The van der Waals surface area contributed by atoms with Crippen molar-refractivity contribution in [3.8, 4) is 0 Å². The van der Waals surface area contributed by atoms with Crippen LogP contribution >= 0.6 is 11.3 Å². The Labute approximate surface area is 176 Å². The van der Waals surface area contributed by atoms with Gasteiger partial charge in [-0.2, -0.15) is 0 Å². The maximum atomic E-state index is 13.8. The number of hydrogen-bond acceptors (Lipinski definition) is 3. The number of hydrogen-bond donors (Lipinski definition) is 0. The highest BCUT2D eigenvalue weighted by atomic mass is 32.1. The first-order valence-electron chi connectivity index (χ1n) is 10.8. The van der Waals surface area contributed by atoms with Gasteiger partial charge in [-0.1, -0.05) is 42.5 Å². The van der Waals surface area contributed by atoms with Gasteiger partial charge in [0.05, 0.1) is 12.0 Å². The summed E-state index contributed by atoms with van der Waals surface area (Å²) in [4.78, 5) is 18.5. The maximum Gasteiger partial charge on any atom is 0.230 e. The minimum Gasteiger partial charge on any atom is -0.334 e. The molecule has 4 heteroatoms. The predicted molar refractivity (Wildman–Crippen MR) is 120 cm³/mol. The summed E-state index contributed by atoms with van der Waals surface area (Å²) in [6.07, 6.45) is 4.58. The molecule has 1 amide bonds. The molecule has 29 heavy (non-hydrogen) atoms.